The lowest BCUT2D eigenvalue weighted by Crippen LogP contribution is -2.32. The molecule has 4 rings (SSSR count). The van der Waals surface area contributed by atoms with Crippen LogP contribution in [-0.4, -0.2) is 45.4 Å². The SMILES string of the molecule is O=C(Cc1csc(-c2cnccn2)n1)NCC1CCN(Cc2ccc(Cl)c(Cl)c2)C1. The Morgan fingerprint density at radius 3 is 2.97 bits per heavy atom. The van der Waals surface area contributed by atoms with Crippen molar-refractivity contribution in [3.8, 4) is 10.7 Å². The van der Waals surface area contributed by atoms with Gasteiger partial charge in [0.2, 0.25) is 5.91 Å². The second-order valence-electron chi connectivity index (χ2n) is 7.35. The van der Waals surface area contributed by atoms with Crippen molar-refractivity contribution in [3.63, 3.8) is 0 Å². The minimum Gasteiger partial charge on any atom is -0.355 e. The third-order valence-electron chi connectivity index (χ3n) is 5.02. The highest BCUT2D eigenvalue weighted by Gasteiger charge is 2.23. The first-order chi connectivity index (χ1) is 14.6. The molecule has 1 aromatic carbocycles. The molecule has 1 aliphatic rings. The first kappa shape index (κ1) is 21.2. The van der Waals surface area contributed by atoms with Crippen molar-refractivity contribution in [2.75, 3.05) is 19.6 Å². The van der Waals surface area contributed by atoms with Gasteiger partial charge in [0.05, 0.1) is 28.4 Å². The normalized spacial score (nSPS) is 16.7. The van der Waals surface area contributed by atoms with Crippen LogP contribution in [0.3, 0.4) is 0 Å². The lowest BCUT2D eigenvalue weighted by Gasteiger charge is -2.16. The number of carbonyl (C=O) groups is 1. The van der Waals surface area contributed by atoms with E-state index in [1.165, 1.54) is 11.3 Å². The topological polar surface area (TPSA) is 71.0 Å². The minimum absolute atomic E-state index is 0.00562. The molecule has 2 aromatic heterocycles. The lowest BCUT2D eigenvalue weighted by molar-refractivity contribution is -0.120. The van der Waals surface area contributed by atoms with Gasteiger partial charge in [-0.2, -0.15) is 0 Å². The van der Waals surface area contributed by atoms with Crippen molar-refractivity contribution in [2.45, 2.75) is 19.4 Å². The summed E-state index contributed by atoms with van der Waals surface area (Å²) in [4.78, 5) is 27.5. The quantitative estimate of drug-likeness (QED) is 0.573. The Morgan fingerprint density at radius 1 is 1.27 bits per heavy atom. The summed E-state index contributed by atoms with van der Waals surface area (Å²) in [6.45, 7) is 3.48. The van der Waals surface area contributed by atoms with E-state index in [-0.39, 0.29) is 12.3 Å². The molecule has 156 valence electrons. The van der Waals surface area contributed by atoms with E-state index < -0.39 is 0 Å². The number of halogens is 2. The number of rotatable bonds is 7. The number of thiazole rings is 1. The van der Waals surface area contributed by atoms with E-state index in [0.29, 0.717) is 22.5 Å². The van der Waals surface area contributed by atoms with Crippen LogP contribution >= 0.6 is 34.5 Å². The van der Waals surface area contributed by atoms with Crippen LogP contribution in [0.15, 0.2) is 42.2 Å². The number of nitrogens with one attached hydrogen (secondary N) is 1. The number of hydrogen-bond acceptors (Lipinski definition) is 6. The van der Waals surface area contributed by atoms with E-state index >= 15 is 0 Å². The van der Waals surface area contributed by atoms with Gasteiger partial charge in [-0.05, 0) is 36.6 Å². The number of hydrogen-bond donors (Lipinski definition) is 1. The molecular formula is C21H21Cl2N5OS. The standard InChI is InChI=1S/C21H21Cl2N5OS/c22-17-2-1-14(7-18(17)23)11-28-6-3-15(12-28)9-26-20(29)8-16-13-30-21(27-16)19-10-24-4-5-25-19/h1-2,4-5,7,10,13,15H,3,6,8-9,11-12H2,(H,26,29). The van der Waals surface area contributed by atoms with Crippen molar-refractivity contribution in [1.29, 1.82) is 0 Å². The maximum Gasteiger partial charge on any atom is 0.226 e. The van der Waals surface area contributed by atoms with Crippen LogP contribution in [0, 0.1) is 5.92 Å². The van der Waals surface area contributed by atoms with Crippen molar-refractivity contribution in [1.82, 2.24) is 25.2 Å². The van der Waals surface area contributed by atoms with Crippen molar-refractivity contribution < 1.29 is 4.79 Å². The number of likely N-dealkylation sites (tertiary alicyclic amines) is 1. The van der Waals surface area contributed by atoms with Gasteiger partial charge in [-0.25, -0.2) is 4.98 Å². The maximum atomic E-state index is 12.3. The number of nitrogens with zero attached hydrogens (tertiary/aromatic N) is 4. The van der Waals surface area contributed by atoms with Crippen LogP contribution < -0.4 is 5.32 Å². The molecule has 1 saturated heterocycles. The third-order valence-corrected chi connectivity index (χ3v) is 6.68. The van der Waals surface area contributed by atoms with Crippen LogP contribution in [0.4, 0.5) is 0 Å². The minimum atomic E-state index is -0.00562. The first-order valence-corrected chi connectivity index (χ1v) is 11.3. The summed E-state index contributed by atoms with van der Waals surface area (Å²) < 4.78 is 0. The molecule has 1 unspecified atom stereocenters. The zero-order chi connectivity index (χ0) is 20.9. The molecule has 1 aliphatic heterocycles. The molecule has 3 aromatic rings. The van der Waals surface area contributed by atoms with Gasteiger partial charge in [-0.3, -0.25) is 19.7 Å². The first-order valence-electron chi connectivity index (χ1n) is 9.70. The van der Waals surface area contributed by atoms with Gasteiger partial charge in [0.15, 0.2) is 0 Å². The molecular weight excluding hydrogens is 441 g/mol. The molecule has 0 aliphatic carbocycles. The Labute approximate surface area is 189 Å². The number of benzene rings is 1. The molecule has 1 fully saturated rings. The molecule has 9 heteroatoms. The number of carbonyl (C=O) groups excluding carboxylic acids is 1. The summed E-state index contributed by atoms with van der Waals surface area (Å²) in [5, 5.41) is 6.89. The Hall–Kier alpha value is -2.06. The summed E-state index contributed by atoms with van der Waals surface area (Å²) in [6, 6.07) is 5.76. The van der Waals surface area contributed by atoms with Gasteiger partial charge in [-0.1, -0.05) is 29.3 Å². The molecule has 3 heterocycles. The van der Waals surface area contributed by atoms with Gasteiger partial charge >= 0.3 is 0 Å². The highest BCUT2D eigenvalue weighted by atomic mass is 35.5. The number of amides is 1. The van der Waals surface area contributed by atoms with E-state index in [9.17, 15) is 4.79 Å². The summed E-state index contributed by atoms with van der Waals surface area (Å²) in [7, 11) is 0. The largest absolute Gasteiger partial charge is 0.355 e. The fraction of sp³-hybridized carbons (Fsp3) is 0.333. The summed E-state index contributed by atoms with van der Waals surface area (Å²) >= 11 is 13.6. The van der Waals surface area contributed by atoms with Crippen LogP contribution in [0.25, 0.3) is 10.7 Å². The zero-order valence-electron chi connectivity index (χ0n) is 16.2. The average Bonchev–Trinajstić information content (AvgIpc) is 3.39. The highest BCUT2D eigenvalue weighted by Crippen LogP contribution is 2.25. The van der Waals surface area contributed by atoms with E-state index in [1.807, 2.05) is 23.6 Å². The fourth-order valence-corrected chi connectivity index (χ4v) is 4.62. The molecule has 6 nitrogen and oxygen atoms in total. The highest BCUT2D eigenvalue weighted by molar-refractivity contribution is 7.13. The smallest absolute Gasteiger partial charge is 0.226 e. The van der Waals surface area contributed by atoms with E-state index in [0.717, 1.165) is 48.0 Å². The Morgan fingerprint density at radius 2 is 2.17 bits per heavy atom. The van der Waals surface area contributed by atoms with E-state index in [1.54, 1.807) is 18.6 Å². The van der Waals surface area contributed by atoms with Gasteiger partial charge in [-0.15, -0.1) is 11.3 Å². The maximum absolute atomic E-state index is 12.3. The van der Waals surface area contributed by atoms with Gasteiger partial charge < -0.3 is 5.32 Å². The molecule has 1 atom stereocenters. The predicted molar refractivity (Wildman–Crippen MR) is 120 cm³/mol. The third kappa shape index (κ3) is 5.55. The molecule has 0 saturated carbocycles. The summed E-state index contributed by atoms with van der Waals surface area (Å²) in [6.07, 6.45) is 6.27. The van der Waals surface area contributed by atoms with Crippen LogP contribution in [-0.2, 0) is 17.8 Å². The molecule has 0 radical (unpaired) electrons. The van der Waals surface area contributed by atoms with E-state index in [4.69, 9.17) is 23.2 Å². The van der Waals surface area contributed by atoms with Crippen LogP contribution in [0.2, 0.25) is 10.0 Å². The second-order valence-corrected chi connectivity index (χ2v) is 9.03. The second kappa shape index (κ2) is 9.83. The molecule has 1 N–H and O–H groups in total. The van der Waals surface area contributed by atoms with Crippen molar-refractivity contribution in [2.24, 2.45) is 5.92 Å². The van der Waals surface area contributed by atoms with Gasteiger partial charge in [0.1, 0.15) is 10.7 Å². The molecule has 0 spiro atoms. The summed E-state index contributed by atoms with van der Waals surface area (Å²) in [5.41, 5.74) is 2.63. The van der Waals surface area contributed by atoms with Crippen molar-refractivity contribution >= 4 is 40.4 Å². The Balaban J connectivity index is 1.22. The molecule has 1 amide bonds. The zero-order valence-corrected chi connectivity index (χ0v) is 18.6. The van der Waals surface area contributed by atoms with Gasteiger partial charge in [0.25, 0.3) is 0 Å². The lowest BCUT2D eigenvalue weighted by atomic mass is 10.1. The number of aromatic nitrogens is 3. The molecule has 0 bridgehead atoms. The van der Waals surface area contributed by atoms with Crippen LogP contribution in [0.1, 0.15) is 17.7 Å². The van der Waals surface area contributed by atoms with Crippen LogP contribution in [0.5, 0.6) is 0 Å². The van der Waals surface area contributed by atoms with Crippen molar-refractivity contribution in [3.05, 3.63) is 63.5 Å². The van der Waals surface area contributed by atoms with E-state index in [2.05, 4.69) is 25.2 Å². The fourth-order valence-electron chi connectivity index (χ4n) is 3.52. The monoisotopic (exact) mass is 461 g/mol. The summed E-state index contributed by atoms with van der Waals surface area (Å²) in [5.74, 6) is 0.441. The Bertz CT molecular complexity index is 1010. The molecule has 30 heavy (non-hydrogen) atoms. The Kier molecular flexibility index (Phi) is 6.94. The van der Waals surface area contributed by atoms with Gasteiger partial charge in [0, 0.05) is 37.4 Å². The average molecular weight is 462 g/mol. The predicted octanol–water partition coefficient (Wildman–Crippen LogP) is 4.09.